The fraction of sp³-hybridized carbons (Fsp3) is 0.429. The van der Waals surface area contributed by atoms with Gasteiger partial charge in [0.2, 0.25) is 0 Å². The van der Waals surface area contributed by atoms with Crippen LogP contribution in [0, 0.1) is 5.82 Å². The number of carboxylic acids is 1. The highest BCUT2D eigenvalue weighted by Gasteiger charge is 2.26. The van der Waals surface area contributed by atoms with E-state index in [0.29, 0.717) is 0 Å². The molecule has 21 heavy (non-hydrogen) atoms. The van der Waals surface area contributed by atoms with Crippen molar-refractivity contribution in [3.63, 3.8) is 0 Å². The zero-order chi connectivity index (χ0) is 16.2. The molecule has 1 atom stereocenters. The molecule has 0 bridgehead atoms. The first-order valence-corrected chi connectivity index (χ1v) is 6.63. The minimum Gasteiger partial charge on any atom is -0.481 e. The molecule has 116 valence electrons. The standard InChI is InChI=1S/C14H17ClFNO4/c1-14(2,3)21-13(20)17-10(7-11(18)19)12-8(15)5-4-6-9(12)16/h4-6,10H,7H2,1-3H3,(H,17,20)(H,18,19)/t10-/m0/s1. The molecule has 0 aliphatic rings. The summed E-state index contributed by atoms with van der Waals surface area (Å²) in [6.45, 7) is 4.98. The molecule has 0 fully saturated rings. The molecule has 0 heterocycles. The summed E-state index contributed by atoms with van der Waals surface area (Å²) >= 11 is 5.90. The molecule has 0 aliphatic carbocycles. The number of halogens is 2. The van der Waals surface area contributed by atoms with Crippen molar-refractivity contribution in [1.29, 1.82) is 0 Å². The van der Waals surface area contributed by atoms with Gasteiger partial charge in [-0.2, -0.15) is 0 Å². The Morgan fingerprint density at radius 2 is 2.05 bits per heavy atom. The highest BCUT2D eigenvalue weighted by molar-refractivity contribution is 6.31. The van der Waals surface area contributed by atoms with E-state index in [-0.39, 0.29) is 10.6 Å². The van der Waals surface area contributed by atoms with Crippen LogP contribution in [0.2, 0.25) is 5.02 Å². The van der Waals surface area contributed by atoms with Crippen LogP contribution in [0.4, 0.5) is 9.18 Å². The second kappa shape index (κ2) is 6.76. The summed E-state index contributed by atoms with van der Waals surface area (Å²) < 4.78 is 18.9. The smallest absolute Gasteiger partial charge is 0.408 e. The summed E-state index contributed by atoms with van der Waals surface area (Å²) in [5.41, 5.74) is -0.830. The minimum absolute atomic E-state index is 0.0392. The van der Waals surface area contributed by atoms with Crippen molar-refractivity contribution in [2.45, 2.75) is 38.8 Å². The lowest BCUT2D eigenvalue weighted by molar-refractivity contribution is -0.137. The molecule has 7 heteroatoms. The molecule has 0 radical (unpaired) electrons. The summed E-state index contributed by atoms with van der Waals surface area (Å²) in [6.07, 6.45) is -1.35. The van der Waals surface area contributed by atoms with Crippen LogP contribution in [-0.2, 0) is 9.53 Å². The normalized spacial score (nSPS) is 12.6. The average molecular weight is 318 g/mol. The number of hydrogen-bond donors (Lipinski definition) is 2. The molecule has 0 saturated heterocycles. The molecular formula is C14H17ClFNO4. The van der Waals surface area contributed by atoms with E-state index < -0.39 is 35.9 Å². The Morgan fingerprint density at radius 1 is 1.43 bits per heavy atom. The number of benzene rings is 1. The van der Waals surface area contributed by atoms with Crippen molar-refractivity contribution in [2.24, 2.45) is 0 Å². The van der Waals surface area contributed by atoms with E-state index in [2.05, 4.69) is 5.32 Å². The van der Waals surface area contributed by atoms with Gasteiger partial charge in [0.25, 0.3) is 0 Å². The van der Waals surface area contributed by atoms with Gasteiger partial charge in [-0.25, -0.2) is 9.18 Å². The Hall–Kier alpha value is -1.82. The second-order valence-corrected chi connectivity index (χ2v) is 5.84. The number of rotatable bonds is 4. The molecule has 0 unspecified atom stereocenters. The van der Waals surface area contributed by atoms with Gasteiger partial charge in [-0.05, 0) is 32.9 Å². The molecule has 0 saturated carbocycles. The van der Waals surface area contributed by atoms with E-state index in [1.807, 2.05) is 0 Å². The number of carboxylic acid groups (broad SMARTS) is 1. The number of aliphatic carboxylic acids is 1. The SMILES string of the molecule is CC(C)(C)OC(=O)N[C@@H](CC(=O)O)c1c(F)cccc1Cl. The molecule has 1 aromatic carbocycles. The van der Waals surface area contributed by atoms with Gasteiger partial charge in [0, 0.05) is 10.6 Å². The lowest BCUT2D eigenvalue weighted by atomic mass is 10.0. The van der Waals surface area contributed by atoms with Crippen molar-refractivity contribution >= 4 is 23.7 Å². The van der Waals surface area contributed by atoms with Gasteiger partial charge in [-0.15, -0.1) is 0 Å². The first-order valence-electron chi connectivity index (χ1n) is 6.25. The fourth-order valence-electron chi connectivity index (χ4n) is 1.69. The maximum atomic E-state index is 13.9. The Balaban J connectivity index is 3.01. The van der Waals surface area contributed by atoms with Gasteiger partial charge in [-0.1, -0.05) is 17.7 Å². The highest BCUT2D eigenvalue weighted by Crippen LogP contribution is 2.28. The van der Waals surface area contributed by atoms with Gasteiger partial charge in [-0.3, -0.25) is 4.79 Å². The molecule has 0 aromatic heterocycles. The van der Waals surface area contributed by atoms with Crippen molar-refractivity contribution < 1.29 is 23.8 Å². The maximum Gasteiger partial charge on any atom is 0.408 e. The molecule has 2 N–H and O–H groups in total. The summed E-state index contributed by atoms with van der Waals surface area (Å²) in [6, 6.07) is 2.84. The van der Waals surface area contributed by atoms with Gasteiger partial charge in [0.15, 0.2) is 0 Å². The molecule has 5 nitrogen and oxygen atoms in total. The van der Waals surface area contributed by atoms with E-state index in [4.69, 9.17) is 21.4 Å². The predicted molar refractivity (Wildman–Crippen MR) is 75.8 cm³/mol. The number of alkyl carbamates (subject to hydrolysis) is 1. The third-order valence-electron chi connectivity index (χ3n) is 2.42. The van der Waals surface area contributed by atoms with Gasteiger partial charge < -0.3 is 15.2 Å². The summed E-state index contributed by atoms with van der Waals surface area (Å²) in [4.78, 5) is 22.7. The quantitative estimate of drug-likeness (QED) is 0.891. The zero-order valence-electron chi connectivity index (χ0n) is 11.9. The second-order valence-electron chi connectivity index (χ2n) is 5.43. The Labute approximate surface area is 127 Å². The topological polar surface area (TPSA) is 75.6 Å². The predicted octanol–water partition coefficient (Wildman–Crippen LogP) is 3.52. The number of amides is 1. The first kappa shape index (κ1) is 17.2. The van der Waals surface area contributed by atoms with Crippen molar-refractivity contribution in [1.82, 2.24) is 5.32 Å². The van der Waals surface area contributed by atoms with E-state index in [1.54, 1.807) is 20.8 Å². The number of carbonyl (C=O) groups is 2. The lowest BCUT2D eigenvalue weighted by Gasteiger charge is -2.23. The van der Waals surface area contributed by atoms with Crippen LogP contribution in [0.1, 0.15) is 38.8 Å². The third-order valence-corrected chi connectivity index (χ3v) is 2.75. The number of ether oxygens (including phenoxy) is 1. The van der Waals surface area contributed by atoms with E-state index >= 15 is 0 Å². The van der Waals surface area contributed by atoms with Crippen LogP contribution in [0.5, 0.6) is 0 Å². The average Bonchev–Trinajstić information content (AvgIpc) is 2.24. The van der Waals surface area contributed by atoms with E-state index in [1.165, 1.54) is 12.1 Å². The van der Waals surface area contributed by atoms with Gasteiger partial charge >= 0.3 is 12.1 Å². The van der Waals surface area contributed by atoms with E-state index in [9.17, 15) is 14.0 Å². The summed E-state index contributed by atoms with van der Waals surface area (Å²) in [5.74, 6) is -1.89. The summed E-state index contributed by atoms with van der Waals surface area (Å²) in [7, 11) is 0. The number of carbonyl (C=O) groups excluding carboxylic acids is 1. The molecule has 1 amide bonds. The van der Waals surface area contributed by atoms with Gasteiger partial charge in [0.05, 0.1) is 12.5 Å². The largest absolute Gasteiger partial charge is 0.481 e. The molecule has 0 aliphatic heterocycles. The zero-order valence-corrected chi connectivity index (χ0v) is 12.7. The lowest BCUT2D eigenvalue weighted by Crippen LogP contribution is -2.36. The van der Waals surface area contributed by atoms with Crippen LogP contribution < -0.4 is 5.32 Å². The minimum atomic E-state index is -1.20. The van der Waals surface area contributed by atoms with Crippen LogP contribution in [0.25, 0.3) is 0 Å². The Morgan fingerprint density at radius 3 is 2.52 bits per heavy atom. The van der Waals surface area contributed by atoms with Crippen LogP contribution >= 0.6 is 11.6 Å². The third kappa shape index (κ3) is 5.59. The van der Waals surface area contributed by atoms with Crippen molar-refractivity contribution in [3.05, 3.63) is 34.6 Å². The number of hydrogen-bond acceptors (Lipinski definition) is 3. The monoisotopic (exact) mass is 317 g/mol. The first-order chi connectivity index (χ1) is 9.60. The maximum absolute atomic E-state index is 13.9. The van der Waals surface area contributed by atoms with E-state index in [0.717, 1.165) is 6.07 Å². The Bertz CT molecular complexity index is 522. The highest BCUT2D eigenvalue weighted by atomic mass is 35.5. The molecule has 1 rings (SSSR count). The molecule has 1 aromatic rings. The van der Waals surface area contributed by atoms with Crippen molar-refractivity contribution in [2.75, 3.05) is 0 Å². The van der Waals surface area contributed by atoms with Crippen LogP contribution in [0.3, 0.4) is 0 Å². The van der Waals surface area contributed by atoms with Crippen molar-refractivity contribution in [3.8, 4) is 0 Å². The van der Waals surface area contributed by atoms with Crippen LogP contribution in [-0.4, -0.2) is 22.8 Å². The molecular weight excluding hydrogens is 301 g/mol. The number of nitrogens with one attached hydrogen (secondary N) is 1. The van der Waals surface area contributed by atoms with Crippen LogP contribution in [0.15, 0.2) is 18.2 Å². The fourth-order valence-corrected chi connectivity index (χ4v) is 1.99. The summed E-state index contributed by atoms with van der Waals surface area (Å²) in [5, 5.41) is 11.3. The Kier molecular flexibility index (Phi) is 5.54. The van der Waals surface area contributed by atoms with Gasteiger partial charge in [0.1, 0.15) is 11.4 Å². The molecule has 0 spiro atoms.